The molecule has 0 bridgehead atoms. The van der Waals surface area contributed by atoms with Gasteiger partial charge in [0, 0.05) is 12.4 Å². The van der Waals surface area contributed by atoms with Gasteiger partial charge in [0.25, 0.3) is 0 Å². The maximum Gasteiger partial charge on any atom is 1.00 e. The van der Waals surface area contributed by atoms with E-state index in [1.807, 2.05) is 0 Å². The first-order valence-corrected chi connectivity index (χ1v) is 4.34. The summed E-state index contributed by atoms with van der Waals surface area (Å²) in [4.78, 5) is 0. The summed E-state index contributed by atoms with van der Waals surface area (Å²) in [5.74, 6) is -0.109. The minimum absolute atomic E-state index is 0. The summed E-state index contributed by atoms with van der Waals surface area (Å²) in [6, 6.07) is 0. The van der Waals surface area contributed by atoms with E-state index in [1.165, 1.54) is 0 Å². The molecule has 11 heavy (non-hydrogen) atoms. The van der Waals surface area contributed by atoms with Gasteiger partial charge >= 0.3 is 29.6 Å². The van der Waals surface area contributed by atoms with Gasteiger partial charge in [0.1, 0.15) is 0 Å². The van der Waals surface area contributed by atoms with Crippen LogP contribution in [0.5, 0.6) is 0 Å². The minimum Gasteiger partial charge on any atom is -0.735 e. The molecule has 1 atom stereocenters. The van der Waals surface area contributed by atoms with Crippen molar-refractivity contribution in [2.45, 2.75) is 6.10 Å². The van der Waals surface area contributed by atoms with Crippen LogP contribution in [0.1, 0.15) is 0 Å². The Hall–Kier alpha value is 1.12. The van der Waals surface area contributed by atoms with Gasteiger partial charge in [0.15, 0.2) is 10.3 Å². The molecular weight excluding hydrogens is 205 g/mol. The number of hydrogen-bond donors (Lipinski definition) is 2. The third kappa shape index (κ3) is 11.1. The molecule has 0 aromatic heterocycles. The van der Waals surface area contributed by atoms with E-state index in [1.54, 1.807) is 4.72 Å². The first-order chi connectivity index (χ1) is 4.45. The van der Waals surface area contributed by atoms with Crippen LogP contribution in [0, 0.1) is 0 Å². The van der Waals surface area contributed by atoms with Crippen molar-refractivity contribution in [2.75, 3.05) is 12.4 Å². The normalized spacial score (nSPS) is 13.7. The van der Waals surface area contributed by atoms with Crippen LogP contribution in [0.25, 0.3) is 0 Å². The molecule has 0 aromatic rings. The molecule has 5 nitrogen and oxygen atoms in total. The van der Waals surface area contributed by atoms with Gasteiger partial charge in [-0.3, -0.25) is 0 Å². The first kappa shape index (κ1) is 14.6. The van der Waals surface area contributed by atoms with Crippen molar-refractivity contribution >= 4 is 21.9 Å². The Morgan fingerprint density at radius 2 is 2.09 bits per heavy atom. The van der Waals surface area contributed by atoms with Crippen LogP contribution in [0.4, 0.5) is 0 Å². The molecule has 0 aromatic carbocycles. The van der Waals surface area contributed by atoms with Crippen molar-refractivity contribution < 1.29 is 47.6 Å². The summed E-state index contributed by atoms with van der Waals surface area (Å²) >= 11 is 5.09. The molecule has 0 aliphatic rings. The monoisotopic (exact) mass is 211 g/mol. The second-order valence-corrected chi connectivity index (χ2v) is 3.12. The van der Waals surface area contributed by atoms with Gasteiger partial charge < -0.3 is 9.66 Å². The zero-order valence-electron chi connectivity index (χ0n) is 5.95. The molecule has 0 saturated heterocycles. The predicted octanol–water partition coefficient (Wildman–Crippen LogP) is -4.36. The van der Waals surface area contributed by atoms with Crippen molar-refractivity contribution in [3.05, 3.63) is 0 Å². The Morgan fingerprint density at radius 1 is 1.64 bits per heavy atom. The van der Waals surface area contributed by atoms with Gasteiger partial charge in [-0.2, -0.15) is 0 Å². The molecule has 1 unspecified atom stereocenters. The number of rotatable bonds is 4. The summed E-state index contributed by atoms with van der Waals surface area (Å²) in [5.41, 5.74) is 0. The molecule has 0 saturated carbocycles. The van der Waals surface area contributed by atoms with Crippen LogP contribution in [0.3, 0.4) is 0 Å². The first-order valence-electron chi connectivity index (χ1n) is 2.40. The summed E-state index contributed by atoms with van der Waals surface area (Å²) in [7, 11) is -4.45. The summed E-state index contributed by atoms with van der Waals surface area (Å²) in [6.07, 6.45) is -1.01. The van der Waals surface area contributed by atoms with E-state index in [-0.39, 0.29) is 42.0 Å². The van der Waals surface area contributed by atoms with Gasteiger partial charge in [0.05, 0.1) is 6.10 Å². The second-order valence-electron chi connectivity index (χ2n) is 1.61. The number of hydrogen-bond acceptors (Lipinski definition) is 4. The fourth-order valence-electron chi connectivity index (χ4n) is 0.253. The molecule has 0 spiro atoms. The number of halogens is 1. The van der Waals surface area contributed by atoms with E-state index in [0.29, 0.717) is 0 Å². The van der Waals surface area contributed by atoms with Crippen molar-refractivity contribution in [1.29, 1.82) is 0 Å². The van der Waals surface area contributed by atoms with Gasteiger partial charge in [-0.25, -0.2) is 13.1 Å². The minimum atomic E-state index is -4.45. The van der Waals surface area contributed by atoms with Gasteiger partial charge in [-0.1, -0.05) is 0 Å². The largest absolute Gasteiger partial charge is 1.00 e. The van der Waals surface area contributed by atoms with Crippen LogP contribution in [0.15, 0.2) is 0 Å². The average Bonchev–Trinajstić information content (AvgIpc) is 1.81. The van der Waals surface area contributed by atoms with Crippen molar-refractivity contribution in [2.24, 2.45) is 0 Å². The van der Waals surface area contributed by atoms with Crippen molar-refractivity contribution in [3.63, 3.8) is 0 Å². The molecule has 8 heteroatoms. The van der Waals surface area contributed by atoms with Crippen molar-refractivity contribution in [3.8, 4) is 0 Å². The quantitative estimate of drug-likeness (QED) is 0.279. The van der Waals surface area contributed by atoms with E-state index in [4.69, 9.17) is 16.7 Å². The number of nitrogens with one attached hydrogen (secondary N) is 1. The van der Waals surface area contributed by atoms with Crippen LogP contribution in [0.2, 0.25) is 0 Å². The predicted molar refractivity (Wildman–Crippen MR) is 34.4 cm³/mol. The smallest absolute Gasteiger partial charge is 0.735 e. The number of aliphatic hydroxyl groups is 1. The molecule has 0 aliphatic heterocycles. The number of aliphatic hydroxyl groups excluding tert-OH is 1. The summed E-state index contributed by atoms with van der Waals surface area (Å²) < 4.78 is 31.0. The van der Waals surface area contributed by atoms with Crippen molar-refractivity contribution in [1.82, 2.24) is 4.72 Å². The Balaban J connectivity index is 0. The average molecular weight is 212 g/mol. The van der Waals surface area contributed by atoms with E-state index in [9.17, 15) is 13.0 Å². The molecule has 0 fully saturated rings. The van der Waals surface area contributed by atoms with Crippen LogP contribution in [-0.4, -0.2) is 36.6 Å². The van der Waals surface area contributed by atoms with Gasteiger partial charge in [-0.05, 0) is 0 Å². The zero-order valence-corrected chi connectivity index (χ0v) is 9.52. The fraction of sp³-hybridized carbons (Fsp3) is 1.00. The summed E-state index contributed by atoms with van der Waals surface area (Å²) in [6.45, 7) is -0.338. The molecule has 2 N–H and O–H groups in total. The van der Waals surface area contributed by atoms with E-state index < -0.39 is 16.4 Å². The third-order valence-electron chi connectivity index (χ3n) is 0.674. The Bertz CT molecular complexity index is 184. The molecule has 0 aliphatic carbocycles. The fourth-order valence-corrected chi connectivity index (χ4v) is 0.758. The Kier molecular flexibility index (Phi) is 8.80. The molecular formula is C3H7ClNNaO4S. The van der Waals surface area contributed by atoms with Crippen LogP contribution >= 0.6 is 11.6 Å². The van der Waals surface area contributed by atoms with Crippen LogP contribution in [-0.2, 0) is 10.3 Å². The van der Waals surface area contributed by atoms with E-state index in [2.05, 4.69) is 0 Å². The molecule has 0 heterocycles. The zero-order chi connectivity index (χ0) is 8.20. The number of alkyl halides is 1. The second kappa shape index (κ2) is 6.62. The Labute approximate surface area is 92.3 Å². The topological polar surface area (TPSA) is 89.5 Å². The van der Waals surface area contributed by atoms with E-state index >= 15 is 0 Å². The maximum atomic E-state index is 9.83. The molecule has 62 valence electrons. The van der Waals surface area contributed by atoms with Crippen LogP contribution < -0.4 is 34.3 Å². The third-order valence-corrected chi connectivity index (χ3v) is 1.55. The van der Waals surface area contributed by atoms with Gasteiger partial charge in [-0.15, -0.1) is 11.6 Å². The molecule has 0 rings (SSSR count). The standard InChI is InChI=1S/C3H8ClNO4S.Na/c4-1-3(6)2-5-10(7,8)9;/h3,5-6H,1-2H2,(H,7,8,9);/q;+1/p-1. The molecule has 0 amide bonds. The Morgan fingerprint density at radius 3 is 2.36 bits per heavy atom. The molecule has 0 radical (unpaired) electrons. The van der Waals surface area contributed by atoms with Gasteiger partial charge in [0.2, 0.25) is 0 Å². The SMILES string of the molecule is O=S(=O)([O-])NCC(O)CCl.[Na+]. The maximum absolute atomic E-state index is 9.83. The summed E-state index contributed by atoms with van der Waals surface area (Å²) in [5, 5.41) is 8.62. The van der Waals surface area contributed by atoms with E-state index in [0.717, 1.165) is 0 Å².